The van der Waals surface area contributed by atoms with Crippen LogP contribution in [0.1, 0.15) is 17.2 Å². The molecule has 0 aliphatic carbocycles. The minimum Gasteiger partial charge on any atom is -0.349 e. The Hall–Kier alpha value is -1.58. The molecule has 2 heterocycles. The van der Waals surface area contributed by atoms with Crippen molar-refractivity contribution in [3.8, 4) is 0 Å². The summed E-state index contributed by atoms with van der Waals surface area (Å²) in [5, 5.41) is 6.69. The second kappa shape index (κ2) is 3.65. The van der Waals surface area contributed by atoms with E-state index in [0.29, 0.717) is 0 Å². The van der Waals surface area contributed by atoms with E-state index in [2.05, 4.69) is 45.7 Å². The first-order valence-corrected chi connectivity index (χ1v) is 4.74. The molecule has 0 radical (unpaired) electrons. The molecule has 0 saturated carbocycles. The Morgan fingerprint density at radius 3 is 2.57 bits per heavy atom. The second-order valence-corrected chi connectivity index (χ2v) is 3.45. The van der Waals surface area contributed by atoms with E-state index in [1.54, 1.807) is 6.33 Å². The molecule has 0 saturated heterocycles. The molecule has 14 heavy (non-hydrogen) atoms. The number of H-pyrrole nitrogens is 1. The van der Waals surface area contributed by atoms with Crippen LogP contribution in [0.25, 0.3) is 0 Å². The summed E-state index contributed by atoms with van der Waals surface area (Å²) in [6.07, 6.45) is 2.45. The van der Waals surface area contributed by atoms with Crippen LogP contribution in [0.15, 0.2) is 18.5 Å². The maximum atomic E-state index is 4.10. The molecule has 74 valence electrons. The summed E-state index contributed by atoms with van der Waals surface area (Å²) in [4.78, 5) is 4.10. The van der Waals surface area contributed by atoms with E-state index in [0.717, 1.165) is 18.8 Å². The van der Waals surface area contributed by atoms with Crippen molar-refractivity contribution >= 4 is 0 Å². The van der Waals surface area contributed by atoms with Gasteiger partial charge in [0, 0.05) is 24.4 Å². The van der Waals surface area contributed by atoms with E-state index in [1.165, 1.54) is 11.4 Å². The second-order valence-electron chi connectivity index (χ2n) is 3.45. The van der Waals surface area contributed by atoms with Crippen LogP contribution < -0.4 is 0 Å². The number of nitrogens with one attached hydrogen (secondary N) is 1. The molecular weight excluding hydrogens is 176 g/mol. The summed E-state index contributed by atoms with van der Waals surface area (Å²) in [6, 6.07) is 4.27. The van der Waals surface area contributed by atoms with E-state index >= 15 is 0 Å². The van der Waals surface area contributed by atoms with E-state index in [1.807, 2.05) is 0 Å². The molecule has 0 aliphatic heterocycles. The van der Waals surface area contributed by atoms with Crippen LogP contribution in [0.2, 0.25) is 0 Å². The van der Waals surface area contributed by atoms with Crippen molar-refractivity contribution in [3.63, 3.8) is 0 Å². The number of rotatable bonds is 3. The average Bonchev–Trinajstić information content (AvgIpc) is 2.76. The predicted octanol–water partition coefficient (Wildman–Crippen LogP) is 1.47. The molecule has 0 amide bonds. The zero-order valence-corrected chi connectivity index (χ0v) is 8.49. The number of aromatic amines is 1. The van der Waals surface area contributed by atoms with Crippen LogP contribution >= 0.6 is 0 Å². The Kier molecular flexibility index (Phi) is 2.35. The van der Waals surface area contributed by atoms with Gasteiger partial charge in [0.1, 0.15) is 12.2 Å². The van der Waals surface area contributed by atoms with Crippen molar-refractivity contribution in [1.82, 2.24) is 19.7 Å². The van der Waals surface area contributed by atoms with Crippen molar-refractivity contribution in [2.45, 2.75) is 26.8 Å². The zero-order valence-electron chi connectivity index (χ0n) is 8.49. The highest BCUT2D eigenvalue weighted by Crippen LogP contribution is 2.07. The Bertz CT molecular complexity index is 380. The lowest BCUT2D eigenvalue weighted by atomic mass is 10.4. The van der Waals surface area contributed by atoms with Crippen molar-refractivity contribution in [2.24, 2.45) is 0 Å². The molecule has 4 heteroatoms. The van der Waals surface area contributed by atoms with E-state index < -0.39 is 0 Å². The Morgan fingerprint density at radius 1 is 1.29 bits per heavy atom. The number of aromatic nitrogens is 4. The van der Waals surface area contributed by atoms with Crippen LogP contribution in [0, 0.1) is 13.8 Å². The van der Waals surface area contributed by atoms with Gasteiger partial charge in [-0.1, -0.05) is 0 Å². The third-order valence-electron chi connectivity index (χ3n) is 2.45. The van der Waals surface area contributed by atoms with Gasteiger partial charge >= 0.3 is 0 Å². The SMILES string of the molecule is Cc1ccc(C)n1CCc1ncn[nH]1. The van der Waals surface area contributed by atoms with Crippen LogP contribution in [-0.2, 0) is 13.0 Å². The monoisotopic (exact) mass is 190 g/mol. The fourth-order valence-electron chi connectivity index (χ4n) is 1.62. The molecule has 1 N–H and O–H groups in total. The van der Waals surface area contributed by atoms with Gasteiger partial charge < -0.3 is 4.57 Å². The summed E-state index contributed by atoms with van der Waals surface area (Å²) >= 11 is 0. The average molecular weight is 190 g/mol. The highest BCUT2D eigenvalue weighted by Gasteiger charge is 2.02. The van der Waals surface area contributed by atoms with E-state index in [-0.39, 0.29) is 0 Å². The molecule has 0 fully saturated rings. The molecule has 2 rings (SSSR count). The van der Waals surface area contributed by atoms with Crippen molar-refractivity contribution in [1.29, 1.82) is 0 Å². The lowest BCUT2D eigenvalue weighted by molar-refractivity contribution is 0.645. The van der Waals surface area contributed by atoms with Crippen molar-refractivity contribution < 1.29 is 0 Å². The van der Waals surface area contributed by atoms with Gasteiger partial charge in [-0.3, -0.25) is 5.10 Å². The number of nitrogens with zero attached hydrogens (tertiary/aromatic N) is 3. The molecule has 2 aromatic rings. The highest BCUT2D eigenvalue weighted by atomic mass is 15.2. The lowest BCUT2D eigenvalue weighted by Crippen LogP contribution is -2.05. The predicted molar refractivity (Wildman–Crippen MR) is 54.0 cm³/mol. The van der Waals surface area contributed by atoms with Crippen molar-refractivity contribution in [2.75, 3.05) is 0 Å². The summed E-state index contributed by atoms with van der Waals surface area (Å²) in [6.45, 7) is 5.20. The number of aryl methyl sites for hydroxylation is 3. The minimum atomic E-state index is 0.899. The van der Waals surface area contributed by atoms with Crippen LogP contribution in [0.5, 0.6) is 0 Å². The molecule has 0 atom stereocenters. The first kappa shape index (κ1) is 8.99. The van der Waals surface area contributed by atoms with Crippen LogP contribution in [0.4, 0.5) is 0 Å². The molecule has 0 unspecified atom stereocenters. The van der Waals surface area contributed by atoms with Crippen LogP contribution in [-0.4, -0.2) is 19.7 Å². The van der Waals surface area contributed by atoms with Gasteiger partial charge in [0.2, 0.25) is 0 Å². The standard InChI is InChI=1S/C10H14N4/c1-8-3-4-9(2)14(8)6-5-10-11-7-12-13-10/h3-4,7H,5-6H2,1-2H3,(H,11,12,13). The first-order chi connectivity index (χ1) is 6.77. The molecule has 2 aromatic heterocycles. The summed E-state index contributed by atoms with van der Waals surface area (Å²) in [5.74, 6) is 0.942. The number of hydrogen-bond donors (Lipinski definition) is 1. The maximum absolute atomic E-state index is 4.10. The van der Waals surface area contributed by atoms with Gasteiger partial charge in [-0.25, -0.2) is 4.98 Å². The van der Waals surface area contributed by atoms with Gasteiger partial charge in [0.15, 0.2) is 0 Å². The molecule has 4 nitrogen and oxygen atoms in total. The smallest absolute Gasteiger partial charge is 0.137 e. The van der Waals surface area contributed by atoms with E-state index in [9.17, 15) is 0 Å². The number of hydrogen-bond acceptors (Lipinski definition) is 2. The van der Waals surface area contributed by atoms with Gasteiger partial charge in [-0.2, -0.15) is 5.10 Å². The van der Waals surface area contributed by atoms with Crippen molar-refractivity contribution in [3.05, 3.63) is 35.7 Å². The largest absolute Gasteiger partial charge is 0.349 e. The van der Waals surface area contributed by atoms with Gasteiger partial charge in [-0.15, -0.1) is 0 Å². The van der Waals surface area contributed by atoms with E-state index in [4.69, 9.17) is 0 Å². The Labute approximate surface area is 83.0 Å². The molecular formula is C10H14N4. The third-order valence-corrected chi connectivity index (χ3v) is 2.45. The molecule has 0 aliphatic rings. The fraction of sp³-hybridized carbons (Fsp3) is 0.400. The van der Waals surface area contributed by atoms with Gasteiger partial charge in [0.05, 0.1) is 0 Å². The molecule has 0 spiro atoms. The fourth-order valence-corrected chi connectivity index (χ4v) is 1.62. The third kappa shape index (κ3) is 1.69. The maximum Gasteiger partial charge on any atom is 0.137 e. The normalized spacial score (nSPS) is 10.7. The quantitative estimate of drug-likeness (QED) is 0.796. The first-order valence-electron chi connectivity index (χ1n) is 4.74. The van der Waals surface area contributed by atoms with Gasteiger partial charge in [-0.05, 0) is 26.0 Å². The Balaban J connectivity index is 2.05. The summed E-state index contributed by atoms with van der Waals surface area (Å²) < 4.78 is 2.28. The van der Waals surface area contributed by atoms with Crippen LogP contribution in [0.3, 0.4) is 0 Å². The lowest BCUT2D eigenvalue weighted by Gasteiger charge is -2.07. The minimum absolute atomic E-state index is 0.899. The zero-order chi connectivity index (χ0) is 9.97. The molecule has 0 bridgehead atoms. The highest BCUT2D eigenvalue weighted by molar-refractivity contribution is 5.13. The molecule has 0 aromatic carbocycles. The topological polar surface area (TPSA) is 46.5 Å². The van der Waals surface area contributed by atoms with Gasteiger partial charge in [0.25, 0.3) is 0 Å². The Morgan fingerprint density at radius 2 is 2.00 bits per heavy atom. The summed E-state index contributed by atoms with van der Waals surface area (Å²) in [5.41, 5.74) is 2.59. The summed E-state index contributed by atoms with van der Waals surface area (Å²) in [7, 11) is 0.